The third kappa shape index (κ3) is 3.55. The summed E-state index contributed by atoms with van der Waals surface area (Å²) >= 11 is 0. The van der Waals surface area contributed by atoms with Crippen molar-refractivity contribution < 1.29 is 23.5 Å². The Morgan fingerprint density at radius 1 is 1.19 bits per heavy atom. The quantitative estimate of drug-likeness (QED) is 0.760. The maximum Gasteiger partial charge on any atom is 0.274 e. The van der Waals surface area contributed by atoms with Crippen LogP contribution in [0.25, 0.3) is 0 Å². The monoisotopic (exact) mass is 445 g/mol. The Kier molecular flexibility index (Phi) is 5.52. The van der Waals surface area contributed by atoms with Crippen LogP contribution in [-0.4, -0.2) is 39.0 Å². The average Bonchev–Trinajstić information content (AvgIpc) is 2.85. The minimum absolute atomic E-state index is 0.0273. The Balaban J connectivity index is 1.70. The molecule has 4 rings (SSSR count). The second kappa shape index (κ2) is 8.03. The smallest absolute Gasteiger partial charge is 0.274 e. The van der Waals surface area contributed by atoms with Crippen molar-refractivity contribution in [1.82, 2.24) is 14.8 Å². The molecule has 32 heavy (non-hydrogen) atoms. The summed E-state index contributed by atoms with van der Waals surface area (Å²) in [5.74, 6) is -3.59. The summed E-state index contributed by atoms with van der Waals surface area (Å²) in [6.45, 7) is 5.45. The molecule has 2 N–H and O–H groups in total. The molecule has 1 saturated heterocycles. The molecule has 2 aliphatic rings. The van der Waals surface area contributed by atoms with Crippen molar-refractivity contribution in [3.63, 3.8) is 0 Å². The molecule has 3 atom stereocenters. The molecule has 2 aromatic rings. The fraction of sp³-hybridized carbons (Fsp3) is 0.435. The average molecular weight is 445 g/mol. The third-order valence-electron chi connectivity index (χ3n) is 6.60. The first-order chi connectivity index (χ1) is 15.1. The van der Waals surface area contributed by atoms with Gasteiger partial charge in [-0.15, -0.1) is 0 Å². The van der Waals surface area contributed by atoms with E-state index in [0.717, 1.165) is 25.0 Å². The molecule has 1 aromatic carbocycles. The van der Waals surface area contributed by atoms with Crippen LogP contribution in [0.1, 0.15) is 64.7 Å². The van der Waals surface area contributed by atoms with Crippen molar-refractivity contribution in [1.29, 1.82) is 0 Å². The topological polar surface area (TPSA) is 91.6 Å². The number of pyridine rings is 1. The van der Waals surface area contributed by atoms with Gasteiger partial charge in [0.1, 0.15) is 17.2 Å². The molecule has 9 heteroatoms. The molecule has 0 saturated carbocycles. The van der Waals surface area contributed by atoms with Crippen molar-refractivity contribution in [3.05, 3.63) is 62.6 Å². The highest BCUT2D eigenvalue weighted by atomic mass is 19.1. The molecule has 2 bridgehead atoms. The van der Waals surface area contributed by atoms with Gasteiger partial charge in [0, 0.05) is 30.9 Å². The molecule has 1 fully saturated rings. The van der Waals surface area contributed by atoms with Gasteiger partial charge in [-0.05, 0) is 50.3 Å². The minimum atomic E-state index is -0.993. The van der Waals surface area contributed by atoms with E-state index in [1.165, 1.54) is 10.8 Å². The first-order valence-corrected chi connectivity index (χ1v) is 10.6. The van der Waals surface area contributed by atoms with Gasteiger partial charge in [-0.2, -0.15) is 0 Å². The summed E-state index contributed by atoms with van der Waals surface area (Å²) < 4.78 is 29.7. The number of nitrogens with zero attached hydrogens (tertiary/aromatic N) is 2. The van der Waals surface area contributed by atoms with Gasteiger partial charge in [-0.25, -0.2) is 8.78 Å². The number of hydrogen-bond acceptors (Lipinski definition) is 4. The lowest BCUT2D eigenvalue weighted by Crippen LogP contribution is -2.48. The summed E-state index contributed by atoms with van der Waals surface area (Å²) in [5, 5.41) is 12.9. The number of hydrogen-bond donors (Lipinski definition) is 2. The molecule has 7 nitrogen and oxygen atoms in total. The number of fused-ring (bicyclic) bond motifs is 4. The van der Waals surface area contributed by atoms with Crippen molar-refractivity contribution in [2.75, 3.05) is 6.54 Å². The van der Waals surface area contributed by atoms with Crippen LogP contribution in [0.2, 0.25) is 0 Å². The Morgan fingerprint density at radius 3 is 2.50 bits per heavy atom. The summed E-state index contributed by atoms with van der Waals surface area (Å²) in [6, 6.07) is 2.06. The number of aromatic hydroxyl groups is 1. The van der Waals surface area contributed by atoms with E-state index in [1.807, 2.05) is 13.8 Å². The van der Waals surface area contributed by atoms with E-state index in [1.54, 1.807) is 11.8 Å². The number of amides is 2. The van der Waals surface area contributed by atoms with Gasteiger partial charge in [0.2, 0.25) is 5.43 Å². The van der Waals surface area contributed by atoms with E-state index in [2.05, 4.69) is 5.32 Å². The van der Waals surface area contributed by atoms with E-state index in [9.17, 15) is 28.3 Å². The van der Waals surface area contributed by atoms with Gasteiger partial charge in [-0.3, -0.25) is 14.4 Å². The van der Waals surface area contributed by atoms with Crippen molar-refractivity contribution in [3.8, 4) is 5.75 Å². The molecule has 3 heterocycles. The fourth-order valence-corrected chi connectivity index (χ4v) is 4.61. The highest BCUT2D eigenvalue weighted by Gasteiger charge is 2.41. The van der Waals surface area contributed by atoms with Gasteiger partial charge in [0.15, 0.2) is 11.4 Å². The van der Waals surface area contributed by atoms with Crippen molar-refractivity contribution in [2.45, 2.75) is 52.2 Å². The van der Waals surface area contributed by atoms with Crippen LogP contribution in [0, 0.1) is 24.5 Å². The van der Waals surface area contributed by atoms with Crippen LogP contribution in [0.4, 0.5) is 8.78 Å². The summed E-state index contributed by atoms with van der Waals surface area (Å²) in [5.41, 5.74) is -1.43. The lowest BCUT2D eigenvalue weighted by Gasteiger charge is -2.38. The van der Waals surface area contributed by atoms with Gasteiger partial charge < -0.3 is 19.9 Å². The number of carbonyl (C=O) groups is 2. The largest absolute Gasteiger partial charge is 0.503 e. The van der Waals surface area contributed by atoms with Crippen molar-refractivity contribution >= 4 is 11.8 Å². The number of halogens is 2. The number of carbonyl (C=O) groups excluding carboxylic acids is 2. The van der Waals surface area contributed by atoms with Crippen LogP contribution < -0.4 is 10.7 Å². The first-order valence-electron chi connectivity index (χ1n) is 10.6. The summed E-state index contributed by atoms with van der Waals surface area (Å²) in [7, 11) is 0. The number of aromatic nitrogens is 1. The van der Waals surface area contributed by atoms with Crippen LogP contribution in [0.5, 0.6) is 5.75 Å². The Bertz CT molecular complexity index is 1150. The van der Waals surface area contributed by atoms with E-state index in [4.69, 9.17) is 0 Å². The van der Waals surface area contributed by atoms with Crippen LogP contribution in [0.3, 0.4) is 0 Å². The molecular weight excluding hydrogens is 420 g/mol. The van der Waals surface area contributed by atoms with Crippen LogP contribution in [-0.2, 0) is 6.54 Å². The second-order valence-electron chi connectivity index (χ2n) is 8.79. The highest BCUT2D eigenvalue weighted by molar-refractivity contribution is 5.99. The third-order valence-corrected chi connectivity index (χ3v) is 6.60. The maximum absolute atomic E-state index is 14.1. The van der Waals surface area contributed by atoms with Gasteiger partial charge >= 0.3 is 0 Å². The fourth-order valence-electron chi connectivity index (χ4n) is 4.61. The lowest BCUT2D eigenvalue weighted by atomic mass is 9.95. The molecule has 3 unspecified atom stereocenters. The standard InChI is InChI=1S/C23H25F2N3O4/c1-11-6-16(24)14(17(25)7-11)8-26-22(31)15-9-28-18-10-27(13(3)5-4-12(18)2)23(32)19(28)21(30)20(15)29/h6-7,9,12-13,18,30H,4-5,8,10H2,1-3H3,(H,26,31). The second-order valence-corrected chi connectivity index (χ2v) is 8.79. The zero-order valence-corrected chi connectivity index (χ0v) is 18.1. The lowest BCUT2D eigenvalue weighted by molar-refractivity contribution is 0.0591. The number of benzene rings is 1. The number of rotatable bonds is 3. The normalized spacial score (nSPS) is 22.3. The zero-order valence-electron chi connectivity index (χ0n) is 18.1. The predicted molar refractivity (Wildman–Crippen MR) is 113 cm³/mol. The molecule has 0 radical (unpaired) electrons. The summed E-state index contributed by atoms with van der Waals surface area (Å²) in [6.07, 6.45) is 2.92. The Hall–Kier alpha value is -3.23. The first kappa shape index (κ1) is 22.0. The van der Waals surface area contributed by atoms with Gasteiger partial charge in [-0.1, -0.05) is 6.92 Å². The molecule has 0 aliphatic carbocycles. The van der Waals surface area contributed by atoms with Gasteiger partial charge in [0.05, 0.1) is 6.04 Å². The highest BCUT2D eigenvalue weighted by Crippen LogP contribution is 2.37. The maximum atomic E-state index is 14.1. The molecule has 0 spiro atoms. The van der Waals surface area contributed by atoms with E-state index >= 15 is 0 Å². The Labute approximate surface area is 183 Å². The van der Waals surface area contributed by atoms with Crippen LogP contribution in [0.15, 0.2) is 23.1 Å². The van der Waals surface area contributed by atoms with E-state index in [-0.39, 0.29) is 34.8 Å². The zero-order chi connectivity index (χ0) is 23.3. The number of nitrogens with one attached hydrogen (secondary N) is 1. The minimum Gasteiger partial charge on any atom is -0.503 e. The molecule has 2 aliphatic heterocycles. The predicted octanol–water partition coefficient (Wildman–Crippen LogP) is 2.89. The molecule has 170 valence electrons. The number of aryl methyl sites for hydroxylation is 1. The SMILES string of the molecule is Cc1cc(F)c(CNC(=O)c2cn3c(c(O)c2=O)C(=O)N2CC3C(C)CCC2C)c(F)c1. The van der Waals surface area contributed by atoms with E-state index < -0.39 is 41.2 Å². The van der Waals surface area contributed by atoms with Gasteiger partial charge in [0.25, 0.3) is 11.8 Å². The van der Waals surface area contributed by atoms with Crippen molar-refractivity contribution in [2.24, 2.45) is 5.92 Å². The van der Waals surface area contributed by atoms with E-state index in [0.29, 0.717) is 12.1 Å². The van der Waals surface area contributed by atoms with Crippen LogP contribution >= 0.6 is 0 Å². The summed E-state index contributed by atoms with van der Waals surface area (Å²) in [4.78, 5) is 40.1. The molecule has 2 amide bonds. The molecule has 1 aromatic heterocycles. The Morgan fingerprint density at radius 2 is 1.84 bits per heavy atom. The molecular formula is C23H25F2N3O4.